The highest BCUT2D eigenvalue weighted by Crippen LogP contribution is 2.29. The van der Waals surface area contributed by atoms with Gasteiger partial charge >= 0.3 is 0 Å². The molecule has 3 nitrogen and oxygen atoms in total. The first-order valence-electron chi connectivity index (χ1n) is 7.89. The zero-order valence-corrected chi connectivity index (χ0v) is 13.3. The fourth-order valence-corrected chi connectivity index (χ4v) is 2.93. The Hall–Kier alpha value is -3.20. The van der Waals surface area contributed by atoms with Gasteiger partial charge in [-0.2, -0.15) is 4.73 Å². The molecule has 0 aliphatic rings. The second-order valence-corrected chi connectivity index (χ2v) is 5.83. The maximum absolute atomic E-state index is 13.2. The molecule has 3 heteroatoms. The van der Waals surface area contributed by atoms with Crippen LogP contribution in [0.5, 0.6) is 0 Å². The minimum atomic E-state index is 0.583. The van der Waals surface area contributed by atoms with Crippen molar-refractivity contribution < 1.29 is 4.73 Å². The summed E-state index contributed by atoms with van der Waals surface area (Å²) < 4.78 is 1.01. The smallest absolute Gasteiger partial charge is 0.250 e. The van der Waals surface area contributed by atoms with Gasteiger partial charge in [-0.05, 0) is 30.7 Å². The third kappa shape index (κ3) is 2.40. The number of fused-ring (bicyclic) bond motifs is 1. The minimum Gasteiger partial charge on any atom is -0.618 e. The summed E-state index contributed by atoms with van der Waals surface area (Å²) in [5.41, 5.74) is 5.42. The predicted molar refractivity (Wildman–Crippen MR) is 96.3 cm³/mol. The third-order valence-corrected chi connectivity index (χ3v) is 4.10. The zero-order chi connectivity index (χ0) is 16.5. The van der Waals surface area contributed by atoms with Crippen LogP contribution in [0.15, 0.2) is 78.9 Å². The molecule has 24 heavy (non-hydrogen) atoms. The molecule has 0 amide bonds. The van der Waals surface area contributed by atoms with Crippen LogP contribution in [0.25, 0.3) is 33.5 Å². The van der Waals surface area contributed by atoms with Gasteiger partial charge in [0.1, 0.15) is 11.2 Å². The highest BCUT2D eigenvalue weighted by Gasteiger charge is 2.22. The molecule has 4 aromatic rings. The molecule has 3 aromatic carbocycles. The molecule has 1 heterocycles. The SMILES string of the molecule is Cc1ccc2nc(-c3ccccc3)c(-c3ccccc3)[n+]([O-])c2c1. The molecule has 0 aliphatic heterocycles. The third-order valence-electron chi connectivity index (χ3n) is 4.10. The fraction of sp³-hybridized carbons (Fsp3) is 0.0476. The molecule has 0 saturated carbocycles. The van der Waals surface area contributed by atoms with E-state index in [1.807, 2.05) is 85.8 Å². The maximum Gasteiger partial charge on any atom is 0.250 e. The minimum absolute atomic E-state index is 0.583. The van der Waals surface area contributed by atoms with Crippen LogP contribution >= 0.6 is 0 Å². The van der Waals surface area contributed by atoms with Crippen molar-refractivity contribution in [1.29, 1.82) is 0 Å². The quantitative estimate of drug-likeness (QED) is 0.403. The number of aromatic nitrogens is 2. The van der Waals surface area contributed by atoms with E-state index in [1.165, 1.54) is 0 Å². The van der Waals surface area contributed by atoms with Crippen molar-refractivity contribution in [3.8, 4) is 22.5 Å². The fourth-order valence-electron chi connectivity index (χ4n) is 2.93. The number of hydrogen-bond acceptors (Lipinski definition) is 2. The average molecular weight is 312 g/mol. The molecule has 0 radical (unpaired) electrons. The molecule has 0 fully saturated rings. The highest BCUT2D eigenvalue weighted by molar-refractivity contribution is 5.82. The molecule has 0 aliphatic carbocycles. The molecule has 0 atom stereocenters. The van der Waals surface area contributed by atoms with Crippen LogP contribution in [0.2, 0.25) is 0 Å². The lowest BCUT2D eigenvalue weighted by molar-refractivity contribution is -0.564. The van der Waals surface area contributed by atoms with E-state index in [0.29, 0.717) is 22.4 Å². The summed E-state index contributed by atoms with van der Waals surface area (Å²) in [6, 6.07) is 25.3. The molecule has 0 bridgehead atoms. The Bertz CT molecular complexity index is 1010. The summed E-state index contributed by atoms with van der Waals surface area (Å²) in [6.07, 6.45) is 0. The molecule has 1 aromatic heterocycles. The van der Waals surface area contributed by atoms with Crippen molar-refractivity contribution in [1.82, 2.24) is 4.98 Å². The van der Waals surface area contributed by atoms with Gasteiger partial charge in [-0.3, -0.25) is 0 Å². The maximum atomic E-state index is 13.2. The first kappa shape index (κ1) is 14.4. The Balaban J connectivity index is 2.12. The van der Waals surface area contributed by atoms with E-state index in [-0.39, 0.29) is 0 Å². The predicted octanol–water partition coefficient (Wildman–Crippen LogP) is 4.51. The zero-order valence-electron chi connectivity index (χ0n) is 13.3. The Morgan fingerprint density at radius 3 is 2.08 bits per heavy atom. The lowest BCUT2D eigenvalue weighted by atomic mass is 10.0. The lowest BCUT2D eigenvalue weighted by Gasteiger charge is -2.12. The monoisotopic (exact) mass is 312 g/mol. The molecular formula is C21H16N2O. The largest absolute Gasteiger partial charge is 0.618 e. The van der Waals surface area contributed by atoms with Gasteiger partial charge < -0.3 is 5.21 Å². The van der Waals surface area contributed by atoms with E-state index >= 15 is 0 Å². The van der Waals surface area contributed by atoms with Crippen molar-refractivity contribution >= 4 is 11.0 Å². The Morgan fingerprint density at radius 2 is 1.42 bits per heavy atom. The van der Waals surface area contributed by atoms with Gasteiger partial charge in [-0.15, -0.1) is 0 Å². The molecule has 116 valence electrons. The van der Waals surface area contributed by atoms with Crippen molar-refractivity contribution in [2.45, 2.75) is 6.92 Å². The van der Waals surface area contributed by atoms with E-state index in [9.17, 15) is 5.21 Å². The summed E-state index contributed by atoms with van der Waals surface area (Å²) >= 11 is 0. The second kappa shape index (κ2) is 5.78. The Morgan fingerprint density at radius 1 is 0.792 bits per heavy atom. The van der Waals surface area contributed by atoms with Gasteiger partial charge in [0.05, 0.1) is 0 Å². The van der Waals surface area contributed by atoms with Crippen molar-refractivity contribution in [2.75, 3.05) is 0 Å². The summed E-state index contributed by atoms with van der Waals surface area (Å²) in [5, 5.41) is 13.2. The number of nitrogens with zero attached hydrogens (tertiary/aromatic N) is 2. The van der Waals surface area contributed by atoms with Crippen LogP contribution in [0.1, 0.15) is 5.56 Å². The van der Waals surface area contributed by atoms with Crippen LogP contribution < -0.4 is 4.73 Å². The molecular weight excluding hydrogens is 296 g/mol. The van der Waals surface area contributed by atoms with Gasteiger partial charge in [-0.1, -0.05) is 54.6 Å². The van der Waals surface area contributed by atoms with Gasteiger partial charge in [0.15, 0.2) is 0 Å². The average Bonchev–Trinajstić information content (AvgIpc) is 2.63. The van der Waals surface area contributed by atoms with Gasteiger partial charge in [0.25, 0.3) is 5.69 Å². The molecule has 0 spiro atoms. The molecule has 4 rings (SSSR count). The van der Waals surface area contributed by atoms with E-state index in [2.05, 4.69) is 0 Å². The number of aryl methyl sites for hydroxylation is 1. The molecule has 0 saturated heterocycles. The summed E-state index contributed by atoms with van der Waals surface area (Å²) in [6.45, 7) is 1.98. The number of hydrogen-bond donors (Lipinski definition) is 0. The van der Waals surface area contributed by atoms with Crippen molar-refractivity contribution in [2.24, 2.45) is 0 Å². The summed E-state index contributed by atoms with van der Waals surface area (Å²) in [5.74, 6) is 0. The Kier molecular flexibility index (Phi) is 3.47. The van der Waals surface area contributed by atoms with Gasteiger partial charge in [0.2, 0.25) is 5.52 Å². The van der Waals surface area contributed by atoms with Crippen LogP contribution in [0.4, 0.5) is 0 Å². The van der Waals surface area contributed by atoms with E-state index in [4.69, 9.17) is 4.98 Å². The van der Waals surface area contributed by atoms with Gasteiger partial charge in [-0.25, -0.2) is 4.98 Å². The molecule has 0 unspecified atom stereocenters. The first-order valence-corrected chi connectivity index (χ1v) is 7.89. The van der Waals surface area contributed by atoms with E-state index < -0.39 is 0 Å². The first-order chi connectivity index (χ1) is 11.7. The molecule has 0 N–H and O–H groups in total. The lowest BCUT2D eigenvalue weighted by Crippen LogP contribution is -2.32. The topological polar surface area (TPSA) is 39.8 Å². The van der Waals surface area contributed by atoms with Crippen LogP contribution in [0, 0.1) is 12.1 Å². The highest BCUT2D eigenvalue weighted by atomic mass is 16.5. The number of benzene rings is 3. The van der Waals surface area contributed by atoms with Crippen LogP contribution in [0.3, 0.4) is 0 Å². The van der Waals surface area contributed by atoms with Gasteiger partial charge in [0, 0.05) is 17.2 Å². The van der Waals surface area contributed by atoms with Crippen molar-refractivity contribution in [3.05, 3.63) is 89.6 Å². The van der Waals surface area contributed by atoms with Crippen LogP contribution in [-0.2, 0) is 0 Å². The number of rotatable bonds is 2. The second-order valence-electron chi connectivity index (χ2n) is 5.83. The van der Waals surface area contributed by atoms with E-state index in [0.717, 1.165) is 21.4 Å². The van der Waals surface area contributed by atoms with Crippen molar-refractivity contribution in [3.63, 3.8) is 0 Å². The Labute approximate surface area is 140 Å². The van der Waals surface area contributed by atoms with E-state index in [1.54, 1.807) is 0 Å². The normalized spacial score (nSPS) is 10.9. The standard InChI is InChI=1S/C21H16N2O/c1-15-12-13-18-19(14-15)23(24)21(17-10-6-3-7-11-17)20(22-18)16-8-4-2-5-9-16/h2-14H,1H3. The summed E-state index contributed by atoms with van der Waals surface area (Å²) in [7, 11) is 0. The summed E-state index contributed by atoms with van der Waals surface area (Å²) in [4.78, 5) is 4.80. The van der Waals surface area contributed by atoms with Crippen LogP contribution in [-0.4, -0.2) is 4.98 Å².